The standard InChI is InChI=1S/C23H34N4O2/c1-3-13-24-23(29)27-16-14-26(15-17-27)21(20-11-7-8-12-20)22(28)25-18(2)19-9-5-4-6-10-19/h3-6,9-10,18,20-21H,1,7-8,11-17H2,2H3,(H,24,29)(H,25,28)/t18-,21-/m1/s1. The zero-order chi connectivity index (χ0) is 20.6. The molecule has 1 aliphatic carbocycles. The van der Waals surface area contributed by atoms with Crippen molar-refractivity contribution in [2.45, 2.75) is 44.7 Å². The Morgan fingerprint density at radius 1 is 1.14 bits per heavy atom. The molecule has 3 amide bonds. The molecule has 3 rings (SSSR count). The minimum Gasteiger partial charge on any atom is -0.348 e. The van der Waals surface area contributed by atoms with Gasteiger partial charge in [-0.3, -0.25) is 9.69 Å². The van der Waals surface area contributed by atoms with E-state index in [1.165, 1.54) is 12.8 Å². The molecule has 1 saturated carbocycles. The van der Waals surface area contributed by atoms with E-state index in [0.717, 1.165) is 31.5 Å². The molecule has 2 atom stereocenters. The Hall–Kier alpha value is -2.34. The molecular weight excluding hydrogens is 364 g/mol. The Balaban J connectivity index is 1.62. The number of carbonyl (C=O) groups is 2. The first kappa shape index (κ1) is 21.4. The monoisotopic (exact) mass is 398 g/mol. The second-order valence-electron chi connectivity index (χ2n) is 8.13. The lowest BCUT2D eigenvalue weighted by atomic mass is 9.94. The molecule has 29 heavy (non-hydrogen) atoms. The van der Waals surface area contributed by atoms with Crippen molar-refractivity contribution in [3.8, 4) is 0 Å². The second-order valence-corrected chi connectivity index (χ2v) is 8.13. The molecule has 1 aromatic rings. The highest BCUT2D eigenvalue weighted by Gasteiger charge is 2.37. The van der Waals surface area contributed by atoms with Crippen LogP contribution in [0.15, 0.2) is 43.0 Å². The van der Waals surface area contributed by atoms with E-state index in [-0.39, 0.29) is 24.0 Å². The molecule has 0 aromatic heterocycles. The second kappa shape index (κ2) is 10.4. The number of nitrogens with one attached hydrogen (secondary N) is 2. The number of rotatable bonds is 7. The molecule has 1 saturated heterocycles. The number of piperazine rings is 1. The van der Waals surface area contributed by atoms with Crippen molar-refractivity contribution in [2.24, 2.45) is 5.92 Å². The molecule has 158 valence electrons. The number of urea groups is 1. The minimum atomic E-state index is -0.109. The first-order valence-electron chi connectivity index (χ1n) is 10.8. The normalized spacial score (nSPS) is 20.1. The summed E-state index contributed by atoms with van der Waals surface area (Å²) in [7, 11) is 0. The lowest BCUT2D eigenvalue weighted by Crippen LogP contribution is -2.59. The van der Waals surface area contributed by atoms with Crippen LogP contribution in [0.1, 0.15) is 44.2 Å². The van der Waals surface area contributed by atoms with Crippen molar-refractivity contribution < 1.29 is 9.59 Å². The maximum atomic E-state index is 13.3. The van der Waals surface area contributed by atoms with Crippen LogP contribution in [0.2, 0.25) is 0 Å². The van der Waals surface area contributed by atoms with Crippen molar-refractivity contribution in [3.63, 3.8) is 0 Å². The van der Waals surface area contributed by atoms with E-state index in [1.807, 2.05) is 30.0 Å². The van der Waals surface area contributed by atoms with Crippen LogP contribution in [0, 0.1) is 5.92 Å². The molecule has 1 aliphatic heterocycles. The highest BCUT2D eigenvalue weighted by Crippen LogP contribution is 2.31. The van der Waals surface area contributed by atoms with Crippen molar-refractivity contribution >= 4 is 11.9 Å². The van der Waals surface area contributed by atoms with Crippen molar-refractivity contribution in [3.05, 3.63) is 48.6 Å². The lowest BCUT2D eigenvalue weighted by molar-refractivity contribution is -0.129. The SMILES string of the molecule is C=CCNC(=O)N1CCN([C@@H](C(=O)N[C@H](C)c2ccccc2)C2CCCC2)CC1. The Labute approximate surface area is 174 Å². The zero-order valence-corrected chi connectivity index (χ0v) is 17.5. The highest BCUT2D eigenvalue weighted by molar-refractivity contribution is 5.82. The number of benzene rings is 1. The van der Waals surface area contributed by atoms with Crippen LogP contribution in [0.4, 0.5) is 4.79 Å². The summed E-state index contributed by atoms with van der Waals surface area (Å²) < 4.78 is 0. The molecule has 0 spiro atoms. The average molecular weight is 399 g/mol. The van der Waals surface area contributed by atoms with Gasteiger partial charge in [-0.2, -0.15) is 0 Å². The fourth-order valence-corrected chi connectivity index (χ4v) is 4.55. The van der Waals surface area contributed by atoms with Crippen molar-refractivity contribution in [1.82, 2.24) is 20.4 Å². The smallest absolute Gasteiger partial charge is 0.317 e. The minimum absolute atomic E-state index is 0.0152. The highest BCUT2D eigenvalue weighted by atomic mass is 16.2. The summed E-state index contributed by atoms with van der Waals surface area (Å²) >= 11 is 0. The van der Waals surface area contributed by atoms with Crippen LogP contribution in [-0.2, 0) is 4.79 Å². The van der Waals surface area contributed by atoms with Crippen LogP contribution in [0.3, 0.4) is 0 Å². The maximum Gasteiger partial charge on any atom is 0.317 e. The van der Waals surface area contributed by atoms with E-state index in [1.54, 1.807) is 6.08 Å². The van der Waals surface area contributed by atoms with Gasteiger partial charge in [-0.25, -0.2) is 4.79 Å². The van der Waals surface area contributed by atoms with Gasteiger partial charge in [-0.1, -0.05) is 49.2 Å². The molecule has 1 aromatic carbocycles. The average Bonchev–Trinajstić information content (AvgIpc) is 3.27. The van der Waals surface area contributed by atoms with E-state index in [0.29, 0.717) is 25.6 Å². The van der Waals surface area contributed by atoms with E-state index in [2.05, 4.69) is 34.2 Å². The first-order valence-corrected chi connectivity index (χ1v) is 10.8. The zero-order valence-electron chi connectivity index (χ0n) is 17.5. The molecule has 2 aliphatic rings. The lowest BCUT2D eigenvalue weighted by Gasteiger charge is -2.41. The van der Waals surface area contributed by atoms with Crippen molar-refractivity contribution in [1.29, 1.82) is 0 Å². The maximum absolute atomic E-state index is 13.3. The van der Waals surface area contributed by atoms with Gasteiger partial charge in [-0.15, -0.1) is 6.58 Å². The molecule has 0 unspecified atom stereocenters. The molecule has 0 bridgehead atoms. The van der Waals surface area contributed by atoms with E-state index < -0.39 is 0 Å². The van der Waals surface area contributed by atoms with Gasteiger partial charge >= 0.3 is 6.03 Å². The summed E-state index contributed by atoms with van der Waals surface area (Å²) in [5.74, 6) is 0.525. The Morgan fingerprint density at radius 2 is 1.79 bits per heavy atom. The fraction of sp³-hybridized carbons (Fsp3) is 0.565. The van der Waals surface area contributed by atoms with E-state index in [4.69, 9.17) is 0 Å². The van der Waals surface area contributed by atoms with Gasteiger partial charge in [-0.05, 0) is 31.2 Å². The molecule has 2 fully saturated rings. The van der Waals surface area contributed by atoms with Crippen LogP contribution in [0.5, 0.6) is 0 Å². The molecule has 6 heteroatoms. The predicted octanol–water partition coefficient (Wildman–Crippen LogP) is 2.94. The van der Waals surface area contributed by atoms with Crippen LogP contribution >= 0.6 is 0 Å². The third kappa shape index (κ3) is 5.60. The van der Waals surface area contributed by atoms with Crippen LogP contribution in [-0.4, -0.2) is 60.5 Å². The Kier molecular flexibility index (Phi) is 7.69. The Bertz CT molecular complexity index is 679. The summed E-state index contributed by atoms with van der Waals surface area (Å²) in [5, 5.41) is 6.09. The van der Waals surface area contributed by atoms with Gasteiger partial charge in [0, 0.05) is 32.7 Å². The summed E-state index contributed by atoms with van der Waals surface area (Å²) in [6.45, 7) is 8.91. The largest absolute Gasteiger partial charge is 0.348 e. The third-order valence-corrected chi connectivity index (χ3v) is 6.17. The summed E-state index contributed by atoms with van der Waals surface area (Å²) in [6.07, 6.45) is 6.30. The van der Waals surface area contributed by atoms with Gasteiger partial charge in [0.25, 0.3) is 0 Å². The predicted molar refractivity (Wildman–Crippen MR) is 115 cm³/mol. The molecule has 2 N–H and O–H groups in total. The molecular formula is C23H34N4O2. The van der Waals surface area contributed by atoms with E-state index >= 15 is 0 Å². The first-order chi connectivity index (χ1) is 14.1. The summed E-state index contributed by atoms with van der Waals surface area (Å²) in [6, 6.07) is 9.92. The molecule has 1 heterocycles. The third-order valence-electron chi connectivity index (χ3n) is 6.17. The van der Waals surface area contributed by atoms with Gasteiger partial charge in [0.15, 0.2) is 0 Å². The number of amides is 3. The van der Waals surface area contributed by atoms with E-state index in [9.17, 15) is 9.59 Å². The quantitative estimate of drug-likeness (QED) is 0.694. The van der Waals surface area contributed by atoms with Crippen molar-refractivity contribution in [2.75, 3.05) is 32.7 Å². The topological polar surface area (TPSA) is 64.7 Å². The fourth-order valence-electron chi connectivity index (χ4n) is 4.55. The summed E-state index contributed by atoms with van der Waals surface area (Å²) in [4.78, 5) is 29.6. The Morgan fingerprint density at radius 3 is 2.41 bits per heavy atom. The van der Waals surface area contributed by atoms with Gasteiger partial charge < -0.3 is 15.5 Å². The van der Waals surface area contributed by atoms with Gasteiger partial charge in [0.2, 0.25) is 5.91 Å². The number of hydrogen-bond donors (Lipinski definition) is 2. The molecule has 0 radical (unpaired) electrons. The van der Waals surface area contributed by atoms with Crippen LogP contribution < -0.4 is 10.6 Å². The number of nitrogens with zero attached hydrogens (tertiary/aromatic N) is 2. The number of hydrogen-bond acceptors (Lipinski definition) is 3. The van der Waals surface area contributed by atoms with Gasteiger partial charge in [0.05, 0.1) is 12.1 Å². The number of carbonyl (C=O) groups excluding carboxylic acids is 2. The van der Waals surface area contributed by atoms with Gasteiger partial charge in [0.1, 0.15) is 0 Å². The summed E-state index contributed by atoms with van der Waals surface area (Å²) in [5.41, 5.74) is 1.12. The van der Waals surface area contributed by atoms with Crippen LogP contribution in [0.25, 0.3) is 0 Å². The molecule has 6 nitrogen and oxygen atoms in total.